The molecule has 2 saturated heterocycles. The minimum atomic E-state index is -3.16. The minimum absolute atomic E-state index is 0.0281. The molecular weight excluding hydrogens is 486 g/mol. The first-order valence-corrected chi connectivity index (χ1v) is 14.2. The molecule has 9 nitrogen and oxygen atoms in total. The van der Waals surface area contributed by atoms with Crippen LogP contribution < -0.4 is 15.5 Å². The molecule has 3 heterocycles. The zero-order valence-electron chi connectivity index (χ0n) is 20.3. The summed E-state index contributed by atoms with van der Waals surface area (Å²) >= 11 is 6.35. The molecule has 1 aromatic heterocycles. The summed E-state index contributed by atoms with van der Waals surface area (Å²) in [6, 6.07) is 8.96. The van der Waals surface area contributed by atoms with Crippen LogP contribution in [-0.2, 0) is 10.0 Å². The molecule has 190 valence electrons. The third-order valence-corrected chi connectivity index (χ3v) is 9.87. The van der Waals surface area contributed by atoms with Crippen molar-refractivity contribution in [2.45, 2.75) is 49.4 Å². The average molecular weight is 520 g/mol. The summed E-state index contributed by atoms with van der Waals surface area (Å²) in [5.74, 6) is 0.956. The van der Waals surface area contributed by atoms with Gasteiger partial charge in [-0.3, -0.25) is 0 Å². The monoisotopic (exact) mass is 519 g/mol. The summed E-state index contributed by atoms with van der Waals surface area (Å²) in [6.07, 6.45) is 6.19. The molecule has 0 radical (unpaired) electrons. The van der Waals surface area contributed by atoms with Crippen LogP contribution in [0.1, 0.15) is 32.1 Å². The first-order chi connectivity index (χ1) is 16.8. The van der Waals surface area contributed by atoms with Crippen LogP contribution in [0.15, 0.2) is 30.5 Å². The van der Waals surface area contributed by atoms with Crippen molar-refractivity contribution < 1.29 is 8.42 Å². The maximum Gasteiger partial charge on any atom is 0.229 e. The van der Waals surface area contributed by atoms with E-state index in [1.54, 1.807) is 10.5 Å². The Bertz CT molecular complexity index is 1130. The van der Waals surface area contributed by atoms with Gasteiger partial charge in [0.05, 0.1) is 11.4 Å². The third kappa shape index (κ3) is 5.66. The molecule has 2 N–H and O–H groups in total. The molecule has 2 aliphatic heterocycles. The zero-order chi connectivity index (χ0) is 24.6. The number of halogens is 1. The van der Waals surface area contributed by atoms with E-state index in [0.717, 1.165) is 38.0 Å². The van der Waals surface area contributed by atoms with Gasteiger partial charge in [0.1, 0.15) is 5.02 Å². The first-order valence-electron chi connectivity index (χ1n) is 12.4. The van der Waals surface area contributed by atoms with Gasteiger partial charge in [0, 0.05) is 49.6 Å². The second kappa shape index (κ2) is 10.1. The van der Waals surface area contributed by atoms with E-state index in [0.29, 0.717) is 35.9 Å². The van der Waals surface area contributed by atoms with Gasteiger partial charge < -0.3 is 20.4 Å². The van der Waals surface area contributed by atoms with Crippen LogP contribution in [0.3, 0.4) is 0 Å². The Balaban J connectivity index is 1.19. The lowest BCUT2D eigenvalue weighted by Crippen LogP contribution is -2.41. The number of nitrogens with one attached hydrogen (secondary N) is 2. The van der Waals surface area contributed by atoms with Crippen LogP contribution in [0, 0.1) is 0 Å². The van der Waals surface area contributed by atoms with E-state index < -0.39 is 10.0 Å². The standard InChI is InChI=1S/C24H34ClN7O2S/c1-30(2)19-10-12-31(13-11-19)20-5-3-17(4-6-20)28-24-26-15-22(25)23(29-24)27-18-9-14-32(16-18)35(33,34)21-7-8-21/h3-6,15,18-19,21H,7-14,16H2,1-2H3,(H2,26,27,28,29)/t18-/m0/s1. The van der Waals surface area contributed by atoms with Gasteiger partial charge in [-0.1, -0.05) is 11.6 Å². The van der Waals surface area contributed by atoms with Crippen LogP contribution in [0.5, 0.6) is 0 Å². The predicted molar refractivity (Wildman–Crippen MR) is 141 cm³/mol. The summed E-state index contributed by atoms with van der Waals surface area (Å²) in [5.41, 5.74) is 2.12. The van der Waals surface area contributed by atoms with Crippen LogP contribution >= 0.6 is 11.6 Å². The number of aromatic nitrogens is 2. The zero-order valence-corrected chi connectivity index (χ0v) is 21.9. The maximum atomic E-state index is 12.5. The van der Waals surface area contributed by atoms with Gasteiger partial charge in [0.2, 0.25) is 16.0 Å². The summed E-state index contributed by atoms with van der Waals surface area (Å²) in [6.45, 7) is 3.09. The quantitative estimate of drug-likeness (QED) is 0.548. The van der Waals surface area contributed by atoms with Crippen molar-refractivity contribution in [2.24, 2.45) is 0 Å². The molecule has 11 heteroatoms. The second-order valence-corrected chi connectivity index (χ2v) is 12.6. The molecule has 0 bridgehead atoms. The SMILES string of the molecule is CN(C)C1CCN(c2ccc(Nc3ncc(Cl)c(N[C@H]4CCN(S(=O)(=O)C5CC5)C4)n3)cc2)CC1. The van der Waals surface area contributed by atoms with Gasteiger partial charge in [-0.2, -0.15) is 9.29 Å². The van der Waals surface area contributed by atoms with E-state index in [1.165, 1.54) is 18.5 Å². The molecule has 0 spiro atoms. The number of piperidine rings is 1. The Morgan fingerprint density at radius 2 is 1.74 bits per heavy atom. The van der Waals surface area contributed by atoms with Crippen LogP contribution in [0.4, 0.5) is 23.1 Å². The van der Waals surface area contributed by atoms with Crippen LogP contribution in [0.2, 0.25) is 5.02 Å². The van der Waals surface area contributed by atoms with Crippen molar-refractivity contribution >= 4 is 44.8 Å². The normalized spacial score (nSPS) is 22.1. The molecule has 2 aromatic rings. The highest BCUT2D eigenvalue weighted by atomic mass is 35.5. The Morgan fingerprint density at radius 1 is 1.03 bits per heavy atom. The smallest absolute Gasteiger partial charge is 0.229 e. The highest BCUT2D eigenvalue weighted by Gasteiger charge is 2.42. The van der Waals surface area contributed by atoms with Gasteiger partial charge in [-0.15, -0.1) is 0 Å². The summed E-state index contributed by atoms with van der Waals surface area (Å²) in [5, 5.41) is 6.80. The highest BCUT2D eigenvalue weighted by molar-refractivity contribution is 7.90. The number of hydrogen-bond donors (Lipinski definition) is 2. The van der Waals surface area contributed by atoms with Gasteiger partial charge in [0.15, 0.2) is 5.82 Å². The van der Waals surface area contributed by atoms with Crippen molar-refractivity contribution in [3.63, 3.8) is 0 Å². The molecule has 35 heavy (non-hydrogen) atoms. The Morgan fingerprint density at radius 3 is 2.40 bits per heavy atom. The summed E-state index contributed by atoms with van der Waals surface area (Å²) < 4.78 is 26.6. The fourth-order valence-electron chi connectivity index (χ4n) is 4.90. The lowest BCUT2D eigenvalue weighted by molar-refractivity contribution is 0.249. The number of anilines is 4. The third-order valence-electron chi connectivity index (χ3n) is 7.22. The Labute approximate surface area is 212 Å². The largest absolute Gasteiger partial charge is 0.371 e. The molecule has 1 saturated carbocycles. The fraction of sp³-hybridized carbons (Fsp3) is 0.583. The van der Waals surface area contributed by atoms with E-state index in [4.69, 9.17) is 11.6 Å². The number of benzene rings is 1. The summed E-state index contributed by atoms with van der Waals surface area (Å²) in [7, 11) is 1.15. The van der Waals surface area contributed by atoms with E-state index in [2.05, 4.69) is 56.6 Å². The molecule has 1 aliphatic carbocycles. The van der Waals surface area contributed by atoms with Crippen molar-refractivity contribution in [1.82, 2.24) is 19.2 Å². The van der Waals surface area contributed by atoms with Gasteiger partial charge in [-0.25, -0.2) is 13.4 Å². The molecule has 1 atom stereocenters. The fourth-order valence-corrected chi connectivity index (χ4v) is 6.95. The van der Waals surface area contributed by atoms with Gasteiger partial charge in [-0.05, 0) is 70.5 Å². The molecule has 1 aromatic carbocycles. The van der Waals surface area contributed by atoms with Gasteiger partial charge >= 0.3 is 0 Å². The number of nitrogens with zero attached hydrogens (tertiary/aromatic N) is 5. The van der Waals surface area contributed by atoms with E-state index in [9.17, 15) is 8.42 Å². The van der Waals surface area contributed by atoms with Crippen molar-refractivity contribution in [3.05, 3.63) is 35.5 Å². The Kier molecular flexibility index (Phi) is 7.07. The number of sulfonamides is 1. The molecule has 3 aliphatic rings. The van der Waals surface area contributed by atoms with Crippen LogP contribution in [-0.4, -0.2) is 85.2 Å². The first kappa shape index (κ1) is 24.5. The molecule has 0 unspecified atom stereocenters. The van der Waals surface area contributed by atoms with Crippen molar-refractivity contribution in [3.8, 4) is 0 Å². The summed E-state index contributed by atoms with van der Waals surface area (Å²) in [4.78, 5) is 13.6. The van der Waals surface area contributed by atoms with Crippen molar-refractivity contribution in [1.29, 1.82) is 0 Å². The molecule has 3 fully saturated rings. The predicted octanol–water partition coefficient (Wildman–Crippen LogP) is 3.38. The van der Waals surface area contributed by atoms with Gasteiger partial charge in [0.25, 0.3) is 0 Å². The average Bonchev–Trinajstić information content (AvgIpc) is 3.61. The topological polar surface area (TPSA) is 93.7 Å². The highest BCUT2D eigenvalue weighted by Crippen LogP contribution is 2.33. The second-order valence-electron chi connectivity index (χ2n) is 9.98. The molecule has 0 amide bonds. The number of rotatable bonds is 8. The van der Waals surface area contributed by atoms with E-state index >= 15 is 0 Å². The maximum absolute atomic E-state index is 12.5. The minimum Gasteiger partial charge on any atom is -0.371 e. The van der Waals surface area contributed by atoms with E-state index in [-0.39, 0.29) is 11.3 Å². The van der Waals surface area contributed by atoms with E-state index in [1.807, 2.05) is 12.1 Å². The lowest BCUT2D eigenvalue weighted by Gasteiger charge is -2.36. The lowest BCUT2D eigenvalue weighted by atomic mass is 10.0. The molecule has 5 rings (SSSR count). The molecular formula is C24H34ClN7O2S. The number of hydrogen-bond acceptors (Lipinski definition) is 8. The van der Waals surface area contributed by atoms with Crippen molar-refractivity contribution in [2.75, 3.05) is 55.8 Å². The Hall–Kier alpha value is -2.14. The van der Waals surface area contributed by atoms with Crippen LogP contribution in [0.25, 0.3) is 0 Å².